The summed E-state index contributed by atoms with van der Waals surface area (Å²) in [6.07, 6.45) is 4.78. The molecule has 0 bridgehead atoms. The van der Waals surface area contributed by atoms with E-state index < -0.39 is 0 Å². The third-order valence-electron chi connectivity index (χ3n) is 5.53. The summed E-state index contributed by atoms with van der Waals surface area (Å²) >= 11 is 0. The van der Waals surface area contributed by atoms with Crippen molar-refractivity contribution in [2.45, 2.75) is 38.3 Å². The fraction of sp³-hybridized carbons (Fsp3) is 0.500. The largest absolute Gasteiger partial charge is 0.381 e. The van der Waals surface area contributed by atoms with E-state index in [1.54, 1.807) is 6.20 Å². The van der Waals surface area contributed by atoms with Crippen LogP contribution >= 0.6 is 0 Å². The summed E-state index contributed by atoms with van der Waals surface area (Å²) in [5.41, 5.74) is 1.17. The molecule has 6 heteroatoms. The number of rotatable bonds is 4. The number of pyridine rings is 1. The maximum atomic E-state index is 14.2. The third kappa shape index (κ3) is 3.51. The first-order valence-electron chi connectivity index (χ1n) is 9.43. The summed E-state index contributed by atoms with van der Waals surface area (Å²) < 4.78 is 14.2. The second-order valence-electron chi connectivity index (χ2n) is 7.48. The predicted molar refractivity (Wildman–Crippen MR) is 101 cm³/mol. The monoisotopic (exact) mass is 356 g/mol. The highest BCUT2D eigenvalue weighted by Crippen LogP contribution is 2.23. The number of halogens is 1. The van der Waals surface area contributed by atoms with Gasteiger partial charge < -0.3 is 10.2 Å². The number of hydrogen-bond donors (Lipinski definition) is 1. The topological polar surface area (TPSA) is 48.5 Å². The predicted octanol–water partition coefficient (Wildman–Crippen LogP) is 2.87. The minimum absolute atomic E-state index is 0.229. The van der Waals surface area contributed by atoms with Crippen molar-refractivity contribution < 1.29 is 9.18 Å². The molecule has 0 radical (unpaired) electrons. The molecule has 1 aromatic heterocycles. The fourth-order valence-corrected chi connectivity index (χ4v) is 4.15. The van der Waals surface area contributed by atoms with E-state index in [2.05, 4.69) is 22.1 Å². The number of amides is 1. The number of hydrogen-bond acceptors (Lipinski definition) is 4. The minimum atomic E-state index is -0.307. The highest BCUT2D eigenvalue weighted by Gasteiger charge is 2.29. The zero-order valence-electron chi connectivity index (χ0n) is 15.1. The van der Waals surface area contributed by atoms with Gasteiger partial charge in [0, 0.05) is 49.0 Å². The number of carbonyl (C=O) groups excluding carboxylic acids is 1. The van der Waals surface area contributed by atoms with Crippen molar-refractivity contribution in [3.05, 3.63) is 36.3 Å². The van der Waals surface area contributed by atoms with E-state index in [1.807, 2.05) is 23.1 Å². The van der Waals surface area contributed by atoms with Gasteiger partial charge in [0.15, 0.2) is 5.82 Å². The molecule has 5 nitrogen and oxygen atoms in total. The first-order valence-corrected chi connectivity index (χ1v) is 9.43. The molecule has 4 rings (SSSR count). The number of fused-ring (bicyclic) bond motifs is 1. The van der Waals surface area contributed by atoms with Crippen LogP contribution in [0.5, 0.6) is 0 Å². The van der Waals surface area contributed by atoms with Crippen molar-refractivity contribution in [3.8, 4) is 0 Å². The van der Waals surface area contributed by atoms with Gasteiger partial charge in [0.2, 0.25) is 5.91 Å². The van der Waals surface area contributed by atoms with Crippen molar-refractivity contribution in [1.82, 2.24) is 14.8 Å². The van der Waals surface area contributed by atoms with Gasteiger partial charge in [0.25, 0.3) is 0 Å². The van der Waals surface area contributed by atoms with Crippen LogP contribution in [0.15, 0.2) is 30.5 Å². The first kappa shape index (κ1) is 17.2. The number of aromatic nitrogens is 1. The van der Waals surface area contributed by atoms with E-state index in [-0.39, 0.29) is 17.8 Å². The van der Waals surface area contributed by atoms with Crippen LogP contribution in [0.2, 0.25) is 0 Å². The van der Waals surface area contributed by atoms with Gasteiger partial charge in [-0.1, -0.05) is 6.07 Å². The molecule has 3 heterocycles. The molecule has 0 spiro atoms. The van der Waals surface area contributed by atoms with Crippen LogP contribution in [0.1, 0.15) is 26.2 Å². The number of nitrogens with zero attached hydrogens (tertiary/aromatic N) is 3. The molecule has 0 unspecified atom stereocenters. The zero-order valence-corrected chi connectivity index (χ0v) is 15.1. The number of carbonyl (C=O) groups is 1. The summed E-state index contributed by atoms with van der Waals surface area (Å²) in [5, 5.41) is 4.22. The van der Waals surface area contributed by atoms with Crippen LogP contribution in [0.4, 0.5) is 10.1 Å². The van der Waals surface area contributed by atoms with Gasteiger partial charge in [-0.3, -0.25) is 14.7 Å². The Hall–Kier alpha value is -2.21. The lowest BCUT2D eigenvalue weighted by molar-refractivity contribution is -0.132. The number of anilines is 1. The molecule has 1 amide bonds. The van der Waals surface area contributed by atoms with E-state index in [0.29, 0.717) is 18.1 Å². The normalized spacial score (nSPS) is 23.7. The number of likely N-dealkylation sites (tertiary alicyclic amines) is 2. The molecule has 2 saturated heterocycles. The first-order chi connectivity index (χ1) is 12.6. The highest BCUT2D eigenvalue weighted by atomic mass is 19.1. The van der Waals surface area contributed by atoms with Crippen LogP contribution in [0.3, 0.4) is 0 Å². The maximum Gasteiger partial charge on any atom is 0.236 e. The molecular weight excluding hydrogens is 331 g/mol. The van der Waals surface area contributed by atoms with Crippen molar-refractivity contribution in [2.24, 2.45) is 0 Å². The number of benzene rings is 1. The van der Waals surface area contributed by atoms with Crippen LogP contribution in [-0.2, 0) is 4.79 Å². The van der Waals surface area contributed by atoms with Gasteiger partial charge >= 0.3 is 0 Å². The SMILES string of the molecule is C[C@@H]1CCCN1C(=O)CN1CC[C@@H](Nc2cc(F)c3ncccc3c2)C1. The lowest BCUT2D eigenvalue weighted by Gasteiger charge is -2.24. The Morgan fingerprint density at radius 1 is 1.35 bits per heavy atom. The van der Waals surface area contributed by atoms with Gasteiger partial charge in [0.1, 0.15) is 5.52 Å². The Bertz CT molecular complexity index is 811. The molecule has 2 aliphatic heterocycles. The molecule has 2 atom stereocenters. The second-order valence-corrected chi connectivity index (χ2v) is 7.48. The van der Waals surface area contributed by atoms with E-state index in [1.165, 1.54) is 6.07 Å². The molecule has 2 aromatic rings. The lowest BCUT2D eigenvalue weighted by atomic mass is 10.1. The summed E-state index contributed by atoms with van der Waals surface area (Å²) in [4.78, 5) is 20.8. The number of nitrogens with one attached hydrogen (secondary N) is 1. The fourth-order valence-electron chi connectivity index (χ4n) is 4.15. The summed E-state index contributed by atoms with van der Waals surface area (Å²) in [6, 6.07) is 7.72. The molecule has 138 valence electrons. The van der Waals surface area contributed by atoms with Crippen LogP contribution in [0.25, 0.3) is 10.9 Å². The van der Waals surface area contributed by atoms with E-state index in [4.69, 9.17) is 0 Å². The third-order valence-corrected chi connectivity index (χ3v) is 5.53. The second kappa shape index (κ2) is 7.19. The molecular formula is C20H25FN4O. The summed E-state index contributed by atoms with van der Waals surface area (Å²) in [5.74, 6) is -0.0721. The smallest absolute Gasteiger partial charge is 0.236 e. The van der Waals surface area contributed by atoms with Crippen LogP contribution in [0, 0.1) is 5.82 Å². The Morgan fingerprint density at radius 3 is 3.04 bits per heavy atom. The Balaban J connectivity index is 1.36. The van der Waals surface area contributed by atoms with Gasteiger partial charge in [-0.25, -0.2) is 4.39 Å². The average Bonchev–Trinajstić information content (AvgIpc) is 3.24. The van der Waals surface area contributed by atoms with Gasteiger partial charge in [0.05, 0.1) is 6.54 Å². The summed E-state index contributed by atoms with van der Waals surface area (Å²) in [7, 11) is 0. The van der Waals surface area contributed by atoms with Crippen LogP contribution < -0.4 is 5.32 Å². The Labute approximate surface area is 153 Å². The van der Waals surface area contributed by atoms with E-state index >= 15 is 0 Å². The Morgan fingerprint density at radius 2 is 2.23 bits per heavy atom. The molecule has 26 heavy (non-hydrogen) atoms. The van der Waals surface area contributed by atoms with Crippen molar-refractivity contribution in [2.75, 3.05) is 31.5 Å². The molecule has 2 fully saturated rings. The lowest BCUT2D eigenvalue weighted by Crippen LogP contribution is -2.41. The van der Waals surface area contributed by atoms with Crippen LogP contribution in [-0.4, -0.2) is 59.0 Å². The molecule has 1 N–H and O–H groups in total. The zero-order chi connectivity index (χ0) is 18.1. The highest BCUT2D eigenvalue weighted by molar-refractivity contribution is 5.83. The Kier molecular flexibility index (Phi) is 4.76. The molecule has 2 aliphatic rings. The molecule has 1 aromatic carbocycles. The minimum Gasteiger partial charge on any atom is -0.381 e. The summed E-state index contributed by atoms with van der Waals surface area (Å²) in [6.45, 7) is 5.20. The van der Waals surface area contributed by atoms with Gasteiger partial charge in [-0.05, 0) is 44.4 Å². The standard InChI is InChI=1S/C20H25FN4O/c1-14-4-3-8-25(14)19(26)13-24-9-6-16(12-24)23-17-10-15-5-2-7-22-20(15)18(21)11-17/h2,5,7,10-11,14,16,23H,3-4,6,8-9,12-13H2,1H3/t14-,16-/m1/s1. The van der Waals surface area contributed by atoms with Gasteiger partial charge in [-0.2, -0.15) is 0 Å². The van der Waals surface area contributed by atoms with Crippen molar-refractivity contribution >= 4 is 22.5 Å². The average molecular weight is 356 g/mol. The van der Waals surface area contributed by atoms with Gasteiger partial charge in [-0.15, -0.1) is 0 Å². The maximum absolute atomic E-state index is 14.2. The quantitative estimate of drug-likeness (QED) is 0.915. The van der Waals surface area contributed by atoms with E-state index in [0.717, 1.165) is 50.0 Å². The van der Waals surface area contributed by atoms with Crippen molar-refractivity contribution in [1.29, 1.82) is 0 Å². The molecule has 0 saturated carbocycles. The van der Waals surface area contributed by atoms with Crippen molar-refractivity contribution in [3.63, 3.8) is 0 Å². The molecule has 0 aliphatic carbocycles. The van der Waals surface area contributed by atoms with E-state index in [9.17, 15) is 9.18 Å².